The van der Waals surface area contributed by atoms with Crippen molar-refractivity contribution in [3.63, 3.8) is 0 Å². The van der Waals surface area contributed by atoms with E-state index >= 15 is 0 Å². The van der Waals surface area contributed by atoms with E-state index < -0.39 is 0 Å². The normalized spacial score (nSPS) is 16.9. The van der Waals surface area contributed by atoms with Crippen molar-refractivity contribution in [3.8, 4) is 0 Å². The van der Waals surface area contributed by atoms with Crippen LogP contribution in [0, 0.1) is 0 Å². The third-order valence-corrected chi connectivity index (χ3v) is 4.25. The number of carbonyl (C=O) groups excluding carboxylic acids is 1. The van der Waals surface area contributed by atoms with Crippen molar-refractivity contribution in [1.29, 1.82) is 0 Å². The highest BCUT2D eigenvalue weighted by molar-refractivity contribution is 7.10. The largest absolute Gasteiger partial charge is 0.343 e. The van der Waals surface area contributed by atoms with Crippen LogP contribution in [0.3, 0.4) is 0 Å². The van der Waals surface area contributed by atoms with Crippen molar-refractivity contribution in [1.82, 2.24) is 25.6 Å². The molecule has 1 saturated heterocycles. The van der Waals surface area contributed by atoms with E-state index in [1.165, 1.54) is 0 Å². The van der Waals surface area contributed by atoms with Gasteiger partial charge in [-0.25, -0.2) is 4.68 Å². The van der Waals surface area contributed by atoms with E-state index in [1.807, 2.05) is 24.4 Å². The molecule has 0 saturated carbocycles. The quantitative estimate of drug-likeness (QED) is 0.873. The number of carbonyl (C=O) groups is 1. The molecule has 1 aliphatic rings. The molecule has 2 aromatic rings. The summed E-state index contributed by atoms with van der Waals surface area (Å²) in [5.74, 6) is -0.181. The van der Waals surface area contributed by atoms with Gasteiger partial charge < -0.3 is 10.6 Å². The Morgan fingerprint density at radius 1 is 1.63 bits per heavy atom. The average molecular weight is 277 g/mol. The third kappa shape index (κ3) is 2.52. The molecule has 0 bridgehead atoms. The van der Waals surface area contributed by atoms with Crippen LogP contribution < -0.4 is 10.6 Å². The molecule has 2 aromatic heterocycles. The monoisotopic (exact) mass is 277 g/mol. The minimum absolute atomic E-state index is 0.0111. The molecule has 2 N–H and O–H groups in total. The molecule has 7 heteroatoms. The fraction of sp³-hybridized carbons (Fsp3) is 0.417. The van der Waals surface area contributed by atoms with Gasteiger partial charge in [0, 0.05) is 18.0 Å². The van der Waals surface area contributed by atoms with Crippen LogP contribution in [0.15, 0.2) is 23.7 Å². The van der Waals surface area contributed by atoms with Crippen LogP contribution in [0.2, 0.25) is 0 Å². The fourth-order valence-electron chi connectivity index (χ4n) is 1.90. The number of aromatic nitrogens is 3. The van der Waals surface area contributed by atoms with Crippen molar-refractivity contribution in [2.75, 3.05) is 13.1 Å². The molecule has 1 unspecified atom stereocenters. The number of nitrogens with zero attached hydrogens (tertiary/aromatic N) is 3. The van der Waals surface area contributed by atoms with Crippen molar-refractivity contribution in [2.45, 2.75) is 19.0 Å². The van der Waals surface area contributed by atoms with Gasteiger partial charge in [0.2, 0.25) is 0 Å². The zero-order valence-corrected chi connectivity index (χ0v) is 11.4. The Morgan fingerprint density at radius 3 is 3.11 bits per heavy atom. The van der Waals surface area contributed by atoms with Crippen LogP contribution in [0.4, 0.5) is 0 Å². The van der Waals surface area contributed by atoms with E-state index in [1.54, 1.807) is 22.2 Å². The van der Waals surface area contributed by atoms with Gasteiger partial charge in [-0.1, -0.05) is 11.3 Å². The molecule has 19 heavy (non-hydrogen) atoms. The van der Waals surface area contributed by atoms with Crippen molar-refractivity contribution in [3.05, 3.63) is 34.3 Å². The first-order valence-corrected chi connectivity index (χ1v) is 7.09. The summed E-state index contributed by atoms with van der Waals surface area (Å²) in [7, 11) is 0. The summed E-state index contributed by atoms with van der Waals surface area (Å²) in [6, 6.07) is 4.29. The molecule has 1 atom stereocenters. The van der Waals surface area contributed by atoms with Crippen molar-refractivity contribution >= 4 is 17.2 Å². The van der Waals surface area contributed by atoms with Gasteiger partial charge in [-0.15, -0.1) is 16.4 Å². The third-order valence-electron chi connectivity index (χ3n) is 3.19. The summed E-state index contributed by atoms with van der Waals surface area (Å²) < 4.78 is 1.75. The molecule has 0 radical (unpaired) electrons. The number of rotatable bonds is 4. The van der Waals surface area contributed by atoms with E-state index in [0.29, 0.717) is 11.7 Å². The summed E-state index contributed by atoms with van der Waals surface area (Å²) >= 11 is 1.63. The Balaban J connectivity index is 1.65. The lowest BCUT2D eigenvalue weighted by Gasteiger charge is -2.26. The highest BCUT2D eigenvalue weighted by Gasteiger charge is 2.22. The number of hydrogen-bond acceptors (Lipinski definition) is 5. The highest BCUT2D eigenvalue weighted by atomic mass is 32.1. The number of thiophene rings is 1. The Bertz CT molecular complexity index is 560. The Kier molecular flexibility index (Phi) is 3.31. The molecule has 1 fully saturated rings. The Labute approximate surface area is 114 Å². The lowest BCUT2D eigenvalue weighted by Crippen LogP contribution is -2.43. The van der Waals surface area contributed by atoms with Gasteiger partial charge in [-0.2, -0.15) is 0 Å². The second-order valence-corrected chi connectivity index (χ2v) is 5.59. The van der Waals surface area contributed by atoms with E-state index in [2.05, 4.69) is 20.9 Å². The first kappa shape index (κ1) is 12.3. The van der Waals surface area contributed by atoms with Crippen LogP contribution in [0.1, 0.15) is 34.4 Å². The van der Waals surface area contributed by atoms with E-state index in [-0.39, 0.29) is 11.9 Å². The smallest absolute Gasteiger partial charge is 0.273 e. The molecule has 0 aliphatic carbocycles. The second-order valence-electron chi connectivity index (χ2n) is 4.61. The van der Waals surface area contributed by atoms with Crippen LogP contribution in [0.5, 0.6) is 0 Å². The van der Waals surface area contributed by atoms with Gasteiger partial charge in [0.05, 0.1) is 18.3 Å². The SMILES string of the molecule is CC(NC(=O)c1cn(C2CNC2)nn1)c1cccs1. The molecule has 0 spiro atoms. The molecule has 1 amide bonds. The van der Waals surface area contributed by atoms with Crippen LogP contribution in [-0.2, 0) is 0 Å². The summed E-state index contributed by atoms with van der Waals surface area (Å²) in [6.07, 6.45) is 1.71. The average Bonchev–Trinajstić information content (AvgIpc) is 2.97. The van der Waals surface area contributed by atoms with Gasteiger partial charge in [-0.05, 0) is 18.4 Å². The van der Waals surface area contributed by atoms with Gasteiger partial charge in [-0.3, -0.25) is 4.79 Å². The standard InChI is InChI=1S/C12H15N5OS/c1-8(11-3-2-4-19-11)14-12(18)10-7-17(16-15-10)9-5-13-6-9/h2-4,7-9,13H,5-6H2,1H3,(H,14,18). The second kappa shape index (κ2) is 5.10. The van der Waals surface area contributed by atoms with Crippen molar-refractivity contribution in [2.24, 2.45) is 0 Å². The highest BCUT2D eigenvalue weighted by Crippen LogP contribution is 2.18. The minimum atomic E-state index is -0.181. The molecular formula is C12H15N5OS. The van der Waals surface area contributed by atoms with Gasteiger partial charge >= 0.3 is 0 Å². The van der Waals surface area contributed by atoms with Gasteiger partial charge in [0.15, 0.2) is 5.69 Å². The topological polar surface area (TPSA) is 71.8 Å². The molecule has 3 rings (SSSR count). The van der Waals surface area contributed by atoms with Gasteiger partial charge in [0.25, 0.3) is 5.91 Å². The first-order chi connectivity index (χ1) is 9.24. The maximum absolute atomic E-state index is 12.1. The zero-order chi connectivity index (χ0) is 13.2. The van der Waals surface area contributed by atoms with Crippen LogP contribution in [0.25, 0.3) is 0 Å². The molecular weight excluding hydrogens is 262 g/mol. The number of nitrogens with one attached hydrogen (secondary N) is 2. The Hall–Kier alpha value is -1.73. The molecule has 0 aromatic carbocycles. The summed E-state index contributed by atoms with van der Waals surface area (Å²) in [4.78, 5) is 13.2. The first-order valence-electron chi connectivity index (χ1n) is 6.21. The summed E-state index contributed by atoms with van der Waals surface area (Å²) in [5, 5.41) is 16.0. The minimum Gasteiger partial charge on any atom is -0.343 e. The maximum atomic E-state index is 12.1. The Morgan fingerprint density at radius 2 is 2.47 bits per heavy atom. The fourth-order valence-corrected chi connectivity index (χ4v) is 2.63. The van der Waals surface area contributed by atoms with Crippen LogP contribution in [-0.4, -0.2) is 34.0 Å². The molecule has 1 aliphatic heterocycles. The predicted molar refractivity (Wildman–Crippen MR) is 72.1 cm³/mol. The van der Waals surface area contributed by atoms with E-state index in [9.17, 15) is 4.79 Å². The number of hydrogen-bond donors (Lipinski definition) is 2. The predicted octanol–water partition coefficient (Wildman–Crippen LogP) is 0.975. The van der Waals surface area contributed by atoms with Crippen LogP contribution >= 0.6 is 11.3 Å². The maximum Gasteiger partial charge on any atom is 0.273 e. The molecule has 100 valence electrons. The summed E-state index contributed by atoms with van der Waals surface area (Å²) in [6.45, 7) is 3.73. The lowest BCUT2D eigenvalue weighted by molar-refractivity contribution is 0.0935. The molecule has 3 heterocycles. The number of amides is 1. The van der Waals surface area contributed by atoms with Gasteiger partial charge in [0.1, 0.15) is 0 Å². The molecule has 6 nitrogen and oxygen atoms in total. The van der Waals surface area contributed by atoms with E-state index in [4.69, 9.17) is 0 Å². The van der Waals surface area contributed by atoms with Crippen molar-refractivity contribution < 1.29 is 4.79 Å². The van der Waals surface area contributed by atoms with E-state index in [0.717, 1.165) is 18.0 Å². The summed E-state index contributed by atoms with van der Waals surface area (Å²) in [5.41, 5.74) is 0.371. The lowest BCUT2D eigenvalue weighted by atomic mass is 10.2. The zero-order valence-electron chi connectivity index (χ0n) is 10.5.